The summed E-state index contributed by atoms with van der Waals surface area (Å²) < 4.78 is 1.84. The number of benzene rings is 2. The lowest BCUT2D eigenvalue weighted by Crippen LogP contribution is -2.44. The number of fused-ring (bicyclic) bond motifs is 3. The van der Waals surface area contributed by atoms with E-state index < -0.39 is 10.9 Å². The summed E-state index contributed by atoms with van der Waals surface area (Å²) in [5.41, 5.74) is 10.8. The van der Waals surface area contributed by atoms with Gasteiger partial charge in [0, 0.05) is 44.4 Å². The number of aryl methyl sites for hydroxylation is 3. The molecule has 5 rings (SSSR count). The molecule has 0 radical (unpaired) electrons. The molecule has 4 N–H and O–H groups in total. The number of nitrogen functional groups attached to an aromatic ring is 1. The van der Waals surface area contributed by atoms with E-state index in [1.165, 1.54) is 11.1 Å². The smallest absolute Gasteiger partial charge is 0.253 e. The van der Waals surface area contributed by atoms with Crippen LogP contribution >= 0.6 is 0 Å². The zero-order valence-electron chi connectivity index (χ0n) is 31.2. The third kappa shape index (κ3) is 9.67. The highest BCUT2D eigenvalue weighted by Gasteiger charge is 2.26. The molecule has 3 aromatic carbocycles. The lowest BCUT2D eigenvalue weighted by atomic mass is 10.1. The lowest BCUT2D eigenvalue weighted by molar-refractivity contribution is -0.121. The average Bonchev–Trinajstić information content (AvgIpc) is 3.50. The second-order valence-corrected chi connectivity index (χ2v) is 13.8. The Hall–Kier alpha value is -4.97. The molecule has 2 heterocycles. The van der Waals surface area contributed by atoms with E-state index in [1.54, 1.807) is 0 Å². The molecule has 0 unspecified atom stereocenters. The topological polar surface area (TPSA) is 148 Å². The molecule has 0 aliphatic carbocycles. The Morgan fingerprint density at radius 1 is 0.885 bits per heavy atom. The van der Waals surface area contributed by atoms with Crippen LogP contribution in [-0.2, 0) is 17.6 Å². The highest BCUT2D eigenvalue weighted by atomic mass is 16.7. The van der Waals surface area contributed by atoms with E-state index in [0.29, 0.717) is 61.9 Å². The van der Waals surface area contributed by atoms with Gasteiger partial charge in [-0.25, -0.2) is 9.97 Å². The van der Waals surface area contributed by atoms with Crippen LogP contribution < -0.4 is 37.0 Å². The number of anilines is 3. The van der Waals surface area contributed by atoms with Gasteiger partial charge in [0.15, 0.2) is 5.82 Å². The number of carbonyl (C=O) groups is 1. The molecule has 5 aromatic rings. The fourth-order valence-corrected chi connectivity index (χ4v) is 6.46. The van der Waals surface area contributed by atoms with Gasteiger partial charge in [0.1, 0.15) is 34.8 Å². The number of aromatic nitrogens is 3. The van der Waals surface area contributed by atoms with Gasteiger partial charge in [-0.3, -0.25) is 14.4 Å². The van der Waals surface area contributed by atoms with E-state index in [4.69, 9.17) is 15.6 Å². The summed E-state index contributed by atoms with van der Waals surface area (Å²) in [6.45, 7) is 7.46. The van der Waals surface area contributed by atoms with Crippen LogP contribution in [0.2, 0.25) is 0 Å². The first kappa shape index (κ1) is 38.3. The van der Waals surface area contributed by atoms with Crippen LogP contribution in [0.25, 0.3) is 21.9 Å². The van der Waals surface area contributed by atoms with Crippen molar-refractivity contribution in [1.82, 2.24) is 24.9 Å². The average molecular weight is 711 g/mol. The van der Waals surface area contributed by atoms with Crippen LogP contribution in [-0.4, -0.2) is 78.9 Å². The first-order valence-electron chi connectivity index (χ1n) is 18.7. The molecule has 0 bridgehead atoms. The van der Waals surface area contributed by atoms with Gasteiger partial charge in [0.05, 0.1) is 5.52 Å². The molecule has 52 heavy (non-hydrogen) atoms. The molecule has 12 nitrogen and oxygen atoms in total. The Bertz CT molecular complexity index is 2000. The van der Waals surface area contributed by atoms with Crippen molar-refractivity contribution in [3.63, 3.8) is 0 Å². The Labute approximate surface area is 306 Å². The highest BCUT2D eigenvalue weighted by molar-refractivity contribution is 6.06. The number of nitrogens with zero attached hydrogens (tertiary/aromatic N) is 5. The maximum Gasteiger partial charge on any atom is 0.253 e. The molecule has 0 aliphatic rings. The number of amides is 1. The molecule has 12 heteroatoms. The van der Waals surface area contributed by atoms with E-state index in [0.717, 1.165) is 80.2 Å². The number of hydrogen-bond donors (Lipinski definition) is 3. The van der Waals surface area contributed by atoms with Gasteiger partial charge in [0.25, 0.3) is 10.9 Å². The number of hydrogen-bond acceptors (Lipinski definition) is 10. The monoisotopic (exact) mass is 710 g/mol. The van der Waals surface area contributed by atoms with Crippen molar-refractivity contribution in [3.05, 3.63) is 85.9 Å². The van der Waals surface area contributed by atoms with E-state index in [2.05, 4.69) is 58.6 Å². The number of pyridine rings is 1. The minimum absolute atomic E-state index is 0.0267. The first-order chi connectivity index (χ1) is 25.2. The van der Waals surface area contributed by atoms with Crippen molar-refractivity contribution in [2.24, 2.45) is 0 Å². The van der Waals surface area contributed by atoms with Crippen LogP contribution in [0.4, 0.5) is 17.2 Å². The van der Waals surface area contributed by atoms with Crippen LogP contribution in [0, 0.1) is 6.92 Å². The van der Waals surface area contributed by atoms with Crippen molar-refractivity contribution < 1.29 is 9.63 Å². The Balaban J connectivity index is 1.16. The highest BCUT2D eigenvalue weighted by Crippen LogP contribution is 2.29. The summed E-state index contributed by atoms with van der Waals surface area (Å²) in [6, 6.07) is 16.2. The van der Waals surface area contributed by atoms with Crippen LogP contribution in [0.3, 0.4) is 0 Å². The molecule has 0 saturated heterocycles. The standard InChI is InChI=1S/C40H54N8O4/c1-5-6-16-32-45-35-36(30-14-7-8-15-31(30)44-40(35)41)48(32)52-27-10-9-25-47(26-12-24-46(3)4)37-34(38(50)39(37)51)43-23-22-42-33(49)17-11-13-29-20-18-28(2)19-21-29/h7-8,14-15,18-21,43H,5-6,9-13,16-17,22-27H2,1-4H3,(H2,41,44)(H,42,49). The number of nitrogens with one attached hydrogen (secondary N) is 2. The van der Waals surface area contributed by atoms with Gasteiger partial charge in [-0.15, -0.1) is 0 Å². The molecular weight excluding hydrogens is 656 g/mol. The zero-order chi connectivity index (χ0) is 37.0. The summed E-state index contributed by atoms with van der Waals surface area (Å²) in [5.74, 6) is 1.18. The van der Waals surface area contributed by atoms with E-state index in [9.17, 15) is 14.4 Å². The Morgan fingerprint density at radius 3 is 2.42 bits per heavy atom. The van der Waals surface area contributed by atoms with Crippen molar-refractivity contribution in [2.75, 3.05) is 69.4 Å². The summed E-state index contributed by atoms with van der Waals surface area (Å²) >= 11 is 0. The molecule has 0 spiro atoms. The van der Waals surface area contributed by atoms with E-state index >= 15 is 0 Å². The maximum atomic E-state index is 12.9. The number of imidazole rings is 1. The number of carbonyl (C=O) groups excluding carboxylic acids is 1. The molecule has 0 saturated carbocycles. The fourth-order valence-electron chi connectivity index (χ4n) is 6.46. The van der Waals surface area contributed by atoms with Gasteiger partial charge in [0.2, 0.25) is 5.91 Å². The van der Waals surface area contributed by atoms with E-state index in [1.807, 2.05) is 48.0 Å². The normalized spacial score (nSPS) is 11.6. The van der Waals surface area contributed by atoms with Gasteiger partial charge in [-0.2, -0.15) is 4.73 Å². The van der Waals surface area contributed by atoms with Gasteiger partial charge >= 0.3 is 0 Å². The molecular formula is C40H54N8O4. The maximum absolute atomic E-state index is 12.9. The lowest BCUT2D eigenvalue weighted by Gasteiger charge is -2.28. The molecule has 2 aromatic heterocycles. The van der Waals surface area contributed by atoms with Gasteiger partial charge in [-0.1, -0.05) is 61.4 Å². The van der Waals surface area contributed by atoms with Gasteiger partial charge < -0.3 is 31.0 Å². The van der Waals surface area contributed by atoms with Crippen molar-refractivity contribution >= 4 is 45.0 Å². The third-order valence-corrected chi connectivity index (χ3v) is 9.32. The quantitative estimate of drug-likeness (QED) is 0.0686. The minimum Gasteiger partial charge on any atom is -0.412 e. The predicted molar refractivity (Wildman–Crippen MR) is 211 cm³/mol. The number of para-hydroxylation sites is 1. The third-order valence-electron chi connectivity index (χ3n) is 9.32. The summed E-state index contributed by atoms with van der Waals surface area (Å²) in [4.78, 5) is 58.0. The molecule has 0 aliphatic heterocycles. The number of nitrogens with two attached hydrogens (primary N) is 1. The van der Waals surface area contributed by atoms with Crippen molar-refractivity contribution in [3.8, 4) is 0 Å². The minimum atomic E-state index is -0.507. The largest absolute Gasteiger partial charge is 0.412 e. The van der Waals surface area contributed by atoms with Crippen LogP contribution in [0.15, 0.2) is 58.1 Å². The Morgan fingerprint density at radius 2 is 1.65 bits per heavy atom. The second-order valence-electron chi connectivity index (χ2n) is 13.8. The first-order valence-corrected chi connectivity index (χ1v) is 18.7. The Kier molecular flexibility index (Phi) is 13.6. The van der Waals surface area contributed by atoms with Crippen LogP contribution in [0.5, 0.6) is 0 Å². The summed E-state index contributed by atoms with van der Waals surface area (Å²) in [5, 5.41) is 7.01. The number of unbranched alkanes of at least 4 members (excludes halogenated alkanes) is 2. The molecule has 278 valence electrons. The van der Waals surface area contributed by atoms with Crippen molar-refractivity contribution in [2.45, 2.75) is 71.6 Å². The number of rotatable bonds is 22. The van der Waals surface area contributed by atoms with Crippen LogP contribution in [0.1, 0.15) is 68.8 Å². The molecule has 0 fully saturated rings. The summed E-state index contributed by atoms with van der Waals surface area (Å²) in [7, 11) is 4.04. The van der Waals surface area contributed by atoms with Gasteiger partial charge in [-0.05, 0) is 77.7 Å². The zero-order valence-corrected chi connectivity index (χ0v) is 31.2. The second kappa shape index (κ2) is 18.5. The SMILES string of the molecule is CCCCc1nc2c(N)nc3ccccc3c2n1OCCCCN(CCCN(C)C)c1c(NCCNC(=O)CCCc2ccc(C)cc2)c(=O)c1=O. The predicted octanol–water partition coefficient (Wildman–Crippen LogP) is 4.63. The van der Waals surface area contributed by atoms with E-state index in [-0.39, 0.29) is 5.91 Å². The molecule has 0 atom stereocenters. The molecule has 1 amide bonds. The summed E-state index contributed by atoms with van der Waals surface area (Å²) in [6.07, 6.45) is 7.11. The van der Waals surface area contributed by atoms with Crippen molar-refractivity contribution in [1.29, 1.82) is 0 Å². The fraction of sp³-hybridized carbons (Fsp3) is 0.475.